The van der Waals surface area contributed by atoms with Gasteiger partial charge < -0.3 is 15.0 Å². The van der Waals surface area contributed by atoms with Crippen LogP contribution in [0.2, 0.25) is 0 Å². The number of carbonyl (C=O) groups excluding carboxylic acids is 1. The van der Waals surface area contributed by atoms with Crippen LogP contribution in [-0.2, 0) is 4.79 Å². The van der Waals surface area contributed by atoms with Crippen molar-refractivity contribution < 1.29 is 9.53 Å². The zero-order valence-electron chi connectivity index (χ0n) is 14.2. The van der Waals surface area contributed by atoms with E-state index in [4.69, 9.17) is 4.74 Å². The van der Waals surface area contributed by atoms with E-state index < -0.39 is 0 Å². The number of para-hydroxylation sites is 1. The smallest absolute Gasteiger partial charge is 0.271 e. The monoisotopic (exact) mass is 346 g/mol. The summed E-state index contributed by atoms with van der Waals surface area (Å²) in [7, 11) is 1.58. The van der Waals surface area contributed by atoms with Gasteiger partial charge in [0.2, 0.25) is 0 Å². The number of aromatic nitrogens is 1. The minimum absolute atomic E-state index is 0.194. The number of hydrogen-bond donors (Lipinski definition) is 2. The number of benzene rings is 2. The summed E-state index contributed by atoms with van der Waals surface area (Å²) < 4.78 is 5.37. The minimum Gasteiger partial charge on any atom is -0.496 e. The predicted octanol–water partition coefficient (Wildman–Crippen LogP) is 3.56. The van der Waals surface area contributed by atoms with Crippen LogP contribution in [-0.4, -0.2) is 18.0 Å². The molecule has 130 valence electrons. The summed E-state index contributed by atoms with van der Waals surface area (Å²) in [6.07, 6.45) is 3.27. The summed E-state index contributed by atoms with van der Waals surface area (Å²) in [5.41, 5.74) is 1.78. The first kappa shape index (κ1) is 17.2. The number of methoxy groups -OCH3 is 1. The van der Waals surface area contributed by atoms with Crippen molar-refractivity contribution >= 4 is 23.2 Å². The Bertz CT molecular complexity index is 991. The third kappa shape index (κ3) is 3.89. The second-order valence-electron chi connectivity index (χ2n) is 5.53. The van der Waals surface area contributed by atoms with Gasteiger partial charge in [0.15, 0.2) is 0 Å². The lowest BCUT2D eigenvalue weighted by molar-refractivity contribution is -0.111. The fourth-order valence-electron chi connectivity index (χ4n) is 2.55. The molecule has 5 nitrogen and oxygen atoms in total. The zero-order chi connectivity index (χ0) is 18.4. The van der Waals surface area contributed by atoms with Gasteiger partial charge in [0.1, 0.15) is 11.4 Å². The Morgan fingerprint density at radius 3 is 2.46 bits per heavy atom. The number of pyridine rings is 1. The Labute approximate surface area is 151 Å². The molecule has 0 aliphatic carbocycles. The van der Waals surface area contributed by atoms with E-state index in [0.717, 1.165) is 11.1 Å². The lowest BCUT2D eigenvalue weighted by atomic mass is 10.0. The Kier molecular flexibility index (Phi) is 5.29. The maximum atomic E-state index is 12.9. The Hall–Kier alpha value is -3.60. The molecule has 0 bridgehead atoms. The number of nitrogens with one attached hydrogen (secondary N) is 2. The van der Waals surface area contributed by atoms with Crippen LogP contribution < -0.4 is 15.6 Å². The van der Waals surface area contributed by atoms with Crippen LogP contribution in [0.1, 0.15) is 11.1 Å². The van der Waals surface area contributed by atoms with Gasteiger partial charge in [0.05, 0.1) is 7.11 Å². The second kappa shape index (κ2) is 7.98. The van der Waals surface area contributed by atoms with Gasteiger partial charge in [-0.15, -0.1) is 0 Å². The molecule has 0 atom stereocenters. The van der Waals surface area contributed by atoms with Crippen LogP contribution >= 0.6 is 0 Å². The Balaban J connectivity index is 2.04. The molecule has 0 aliphatic heterocycles. The molecule has 0 saturated heterocycles. The van der Waals surface area contributed by atoms with Gasteiger partial charge >= 0.3 is 0 Å². The molecule has 0 spiro atoms. The lowest BCUT2D eigenvalue weighted by Crippen LogP contribution is -2.20. The second-order valence-corrected chi connectivity index (χ2v) is 5.53. The van der Waals surface area contributed by atoms with E-state index in [1.165, 1.54) is 6.20 Å². The van der Waals surface area contributed by atoms with Crippen molar-refractivity contribution in [3.8, 4) is 5.75 Å². The van der Waals surface area contributed by atoms with Crippen LogP contribution in [0.4, 0.5) is 5.69 Å². The number of aromatic amines is 1. The van der Waals surface area contributed by atoms with E-state index in [2.05, 4.69) is 10.3 Å². The van der Waals surface area contributed by atoms with Crippen molar-refractivity contribution in [2.24, 2.45) is 0 Å². The number of rotatable bonds is 5. The Morgan fingerprint density at radius 1 is 1.00 bits per heavy atom. The van der Waals surface area contributed by atoms with Crippen molar-refractivity contribution in [1.29, 1.82) is 0 Å². The number of H-pyrrole nitrogens is 1. The quantitative estimate of drug-likeness (QED) is 0.548. The molecule has 5 heteroatoms. The SMILES string of the molecule is COc1ccccc1C=C(C(=O)Nc1ccc[nH]c1=O)c1ccccc1. The number of carbonyl (C=O) groups is 1. The van der Waals surface area contributed by atoms with Crippen LogP contribution in [0.3, 0.4) is 0 Å². The molecule has 3 aromatic rings. The number of hydrogen-bond acceptors (Lipinski definition) is 3. The molecule has 0 unspecified atom stereocenters. The van der Waals surface area contributed by atoms with E-state index in [1.807, 2.05) is 54.6 Å². The highest BCUT2D eigenvalue weighted by atomic mass is 16.5. The van der Waals surface area contributed by atoms with E-state index >= 15 is 0 Å². The Morgan fingerprint density at radius 2 is 1.73 bits per heavy atom. The largest absolute Gasteiger partial charge is 0.496 e. The zero-order valence-corrected chi connectivity index (χ0v) is 14.2. The standard InChI is InChI=1S/C21H18N2O3/c1-26-19-12-6-5-10-16(19)14-17(15-8-3-2-4-9-15)20(24)23-18-11-7-13-22-21(18)25/h2-14H,1H3,(H,22,25)(H,23,24). The van der Waals surface area contributed by atoms with E-state index in [1.54, 1.807) is 25.3 Å². The third-order valence-electron chi connectivity index (χ3n) is 3.83. The molecule has 0 aliphatic rings. The molecular formula is C21H18N2O3. The number of anilines is 1. The first-order valence-corrected chi connectivity index (χ1v) is 8.08. The van der Waals surface area contributed by atoms with Crippen LogP contribution in [0, 0.1) is 0 Å². The molecular weight excluding hydrogens is 328 g/mol. The van der Waals surface area contributed by atoms with Crippen molar-refractivity contribution in [3.05, 3.63) is 94.4 Å². The normalized spacial score (nSPS) is 11.0. The highest BCUT2D eigenvalue weighted by Crippen LogP contribution is 2.25. The van der Waals surface area contributed by atoms with Gasteiger partial charge in [0, 0.05) is 17.3 Å². The molecule has 26 heavy (non-hydrogen) atoms. The van der Waals surface area contributed by atoms with E-state index in [-0.39, 0.29) is 17.2 Å². The first-order chi connectivity index (χ1) is 12.7. The van der Waals surface area contributed by atoms with E-state index in [9.17, 15) is 9.59 Å². The summed E-state index contributed by atoms with van der Waals surface area (Å²) in [5.74, 6) is 0.282. The fraction of sp³-hybridized carbons (Fsp3) is 0.0476. The van der Waals surface area contributed by atoms with Crippen LogP contribution in [0.25, 0.3) is 11.6 Å². The van der Waals surface area contributed by atoms with E-state index in [0.29, 0.717) is 11.3 Å². The molecule has 1 heterocycles. The summed E-state index contributed by atoms with van der Waals surface area (Å²) in [6, 6.07) is 19.9. The highest BCUT2D eigenvalue weighted by Gasteiger charge is 2.14. The average Bonchev–Trinajstić information content (AvgIpc) is 2.68. The van der Waals surface area contributed by atoms with Gasteiger partial charge in [-0.2, -0.15) is 0 Å². The fourth-order valence-corrected chi connectivity index (χ4v) is 2.55. The maximum absolute atomic E-state index is 12.9. The summed E-state index contributed by atoms with van der Waals surface area (Å²) in [6.45, 7) is 0. The van der Waals surface area contributed by atoms with Gasteiger partial charge in [0.25, 0.3) is 11.5 Å². The van der Waals surface area contributed by atoms with Crippen LogP contribution in [0.5, 0.6) is 5.75 Å². The number of amides is 1. The molecule has 1 aromatic heterocycles. The molecule has 3 rings (SSSR count). The van der Waals surface area contributed by atoms with Gasteiger partial charge in [-0.25, -0.2) is 0 Å². The van der Waals surface area contributed by atoms with Crippen molar-refractivity contribution in [3.63, 3.8) is 0 Å². The third-order valence-corrected chi connectivity index (χ3v) is 3.83. The van der Waals surface area contributed by atoms with Gasteiger partial charge in [-0.1, -0.05) is 48.5 Å². The topological polar surface area (TPSA) is 71.2 Å². The molecule has 0 fully saturated rings. The predicted molar refractivity (Wildman–Crippen MR) is 103 cm³/mol. The van der Waals surface area contributed by atoms with Gasteiger partial charge in [-0.3, -0.25) is 9.59 Å². The lowest BCUT2D eigenvalue weighted by Gasteiger charge is -2.11. The first-order valence-electron chi connectivity index (χ1n) is 8.08. The van der Waals surface area contributed by atoms with Crippen molar-refractivity contribution in [2.75, 3.05) is 12.4 Å². The molecule has 2 aromatic carbocycles. The summed E-state index contributed by atoms with van der Waals surface area (Å²) in [4.78, 5) is 27.3. The van der Waals surface area contributed by atoms with Crippen molar-refractivity contribution in [2.45, 2.75) is 0 Å². The maximum Gasteiger partial charge on any atom is 0.271 e. The van der Waals surface area contributed by atoms with Gasteiger partial charge in [-0.05, 0) is 29.8 Å². The summed E-state index contributed by atoms with van der Waals surface area (Å²) in [5, 5.41) is 2.67. The highest BCUT2D eigenvalue weighted by molar-refractivity contribution is 6.29. The molecule has 1 amide bonds. The minimum atomic E-state index is -0.376. The molecule has 2 N–H and O–H groups in total. The number of ether oxygens (including phenoxy) is 1. The van der Waals surface area contributed by atoms with Crippen molar-refractivity contribution in [1.82, 2.24) is 4.98 Å². The average molecular weight is 346 g/mol. The molecule has 0 radical (unpaired) electrons. The summed E-state index contributed by atoms with van der Waals surface area (Å²) >= 11 is 0. The van der Waals surface area contributed by atoms with Crippen LogP contribution in [0.15, 0.2) is 77.7 Å². The molecule has 0 saturated carbocycles.